The van der Waals surface area contributed by atoms with Gasteiger partial charge in [0.05, 0.1) is 6.54 Å². The molecule has 0 amide bonds. The molecule has 0 saturated heterocycles. The van der Waals surface area contributed by atoms with Gasteiger partial charge in [-0.05, 0) is 32.1 Å². The third kappa shape index (κ3) is 3.45. The zero-order valence-corrected chi connectivity index (χ0v) is 11.7. The molecule has 96 valence electrons. The Morgan fingerprint density at radius 2 is 2.24 bits per heavy atom. The first-order valence-corrected chi connectivity index (χ1v) is 7.34. The summed E-state index contributed by atoms with van der Waals surface area (Å²) in [4.78, 5) is 2.35. The van der Waals surface area contributed by atoms with Gasteiger partial charge in [-0.25, -0.2) is 0 Å². The SMILES string of the molecule is CCS[C@H]1CC[C@@H](N(C)Cc2nnc(C)o2)C1. The van der Waals surface area contributed by atoms with Crippen LogP contribution in [-0.4, -0.2) is 39.2 Å². The van der Waals surface area contributed by atoms with Crippen LogP contribution in [0.2, 0.25) is 0 Å². The first-order chi connectivity index (χ1) is 8.19. The van der Waals surface area contributed by atoms with Crippen molar-refractivity contribution in [3.05, 3.63) is 11.8 Å². The van der Waals surface area contributed by atoms with Crippen LogP contribution >= 0.6 is 11.8 Å². The summed E-state index contributed by atoms with van der Waals surface area (Å²) in [6.07, 6.45) is 3.93. The molecule has 0 aromatic carbocycles. The Balaban J connectivity index is 1.82. The van der Waals surface area contributed by atoms with Crippen molar-refractivity contribution in [2.45, 2.75) is 50.9 Å². The summed E-state index contributed by atoms with van der Waals surface area (Å²) in [5.41, 5.74) is 0. The topological polar surface area (TPSA) is 42.2 Å². The Morgan fingerprint density at radius 3 is 2.88 bits per heavy atom. The van der Waals surface area contributed by atoms with Crippen molar-refractivity contribution >= 4 is 11.8 Å². The van der Waals surface area contributed by atoms with Crippen LogP contribution in [0, 0.1) is 6.92 Å². The molecular formula is C12H21N3OS. The monoisotopic (exact) mass is 255 g/mol. The summed E-state index contributed by atoms with van der Waals surface area (Å²) < 4.78 is 5.42. The van der Waals surface area contributed by atoms with Crippen LogP contribution in [0.15, 0.2) is 4.42 Å². The number of nitrogens with zero attached hydrogens (tertiary/aromatic N) is 3. The molecule has 0 spiro atoms. The maximum absolute atomic E-state index is 5.42. The Morgan fingerprint density at radius 1 is 1.41 bits per heavy atom. The molecule has 1 fully saturated rings. The van der Waals surface area contributed by atoms with Crippen molar-refractivity contribution in [3.63, 3.8) is 0 Å². The first kappa shape index (κ1) is 12.9. The van der Waals surface area contributed by atoms with Gasteiger partial charge in [0.2, 0.25) is 11.8 Å². The second-order valence-corrected chi connectivity index (χ2v) is 6.25. The predicted molar refractivity (Wildman–Crippen MR) is 70.1 cm³/mol. The van der Waals surface area contributed by atoms with Crippen LogP contribution in [0.1, 0.15) is 38.0 Å². The summed E-state index contributed by atoms with van der Waals surface area (Å²) in [6.45, 7) is 4.85. The lowest BCUT2D eigenvalue weighted by atomic mass is 10.2. The number of rotatable bonds is 5. The largest absolute Gasteiger partial charge is 0.424 e. The predicted octanol–water partition coefficient (Wildman–Crippen LogP) is 2.48. The molecule has 1 aliphatic carbocycles. The number of hydrogen-bond acceptors (Lipinski definition) is 5. The fourth-order valence-electron chi connectivity index (χ4n) is 2.45. The Hall–Kier alpha value is -0.550. The van der Waals surface area contributed by atoms with Gasteiger partial charge in [0.15, 0.2) is 0 Å². The average molecular weight is 255 g/mol. The molecule has 5 heteroatoms. The third-order valence-corrected chi connectivity index (χ3v) is 4.57. The molecule has 1 aliphatic rings. The van der Waals surface area contributed by atoms with Gasteiger partial charge in [0.1, 0.15) is 0 Å². The molecule has 0 radical (unpaired) electrons. The number of hydrogen-bond donors (Lipinski definition) is 0. The first-order valence-electron chi connectivity index (χ1n) is 6.30. The zero-order valence-electron chi connectivity index (χ0n) is 10.8. The van der Waals surface area contributed by atoms with E-state index in [0.717, 1.165) is 17.7 Å². The lowest BCUT2D eigenvalue weighted by molar-refractivity contribution is 0.214. The normalized spacial score (nSPS) is 24.7. The fraction of sp³-hybridized carbons (Fsp3) is 0.833. The van der Waals surface area contributed by atoms with E-state index in [9.17, 15) is 0 Å². The minimum absolute atomic E-state index is 0.652. The van der Waals surface area contributed by atoms with Crippen molar-refractivity contribution in [2.24, 2.45) is 0 Å². The molecule has 0 bridgehead atoms. The van der Waals surface area contributed by atoms with E-state index in [0.29, 0.717) is 11.9 Å². The van der Waals surface area contributed by atoms with Crippen LogP contribution in [-0.2, 0) is 6.54 Å². The highest BCUT2D eigenvalue weighted by atomic mass is 32.2. The van der Waals surface area contributed by atoms with E-state index in [1.165, 1.54) is 25.0 Å². The molecule has 1 aromatic rings. The highest BCUT2D eigenvalue weighted by Gasteiger charge is 2.28. The van der Waals surface area contributed by atoms with E-state index in [4.69, 9.17) is 4.42 Å². The molecule has 17 heavy (non-hydrogen) atoms. The summed E-state index contributed by atoms with van der Waals surface area (Å²) in [7, 11) is 2.16. The van der Waals surface area contributed by atoms with Crippen LogP contribution in [0.25, 0.3) is 0 Å². The molecule has 0 N–H and O–H groups in total. The Kier molecular flexibility index (Phi) is 4.45. The van der Waals surface area contributed by atoms with E-state index in [-0.39, 0.29) is 0 Å². The molecule has 1 aromatic heterocycles. The van der Waals surface area contributed by atoms with Gasteiger partial charge >= 0.3 is 0 Å². The number of aromatic nitrogens is 2. The second-order valence-electron chi connectivity index (χ2n) is 4.67. The van der Waals surface area contributed by atoms with E-state index >= 15 is 0 Å². The molecule has 0 unspecified atom stereocenters. The zero-order chi connectivity index (χ0) is 12.3. The van der Waals surface area contributed by atoms with Gasteiger partial charge in [0, 0.05) is 18.2 Å². The lowest BCUT2D eigenvalue weighted by Gasteiger charge is -2.22. The van der Waals surface area contributed by atoms with Gasteiger partial charge in [-0.1, -0.05) is 6.92 Å². The number of thioether (sulfide) groups is 1. The molecule has 0 aliphatic heterocycles. The van der Waals surface area contributed by atoms with Gasteiger partial charge in [-0.3, -0.25) is 4.90 Å². The van der Waals surface area contributed by atoms with Crippen LogP contribution in [0.3, 0.4) is 0 Å². The third-order valence-electron chi connectivity index (χ3n) is 3.34. The summed E-state index contributed by atoms with van der Waals surface area (Å²) in [5.74, 6) is 2.61. The molecule has 1 heterocycles. The van der Waals surface area contributed by atoms with Gasteiger partial charge < -0.3 is 4.42 Å². The van der Waals surface area contributed by atoms with Crippen LogP contribution in [0.5, 0.6) is 0 Å². The maximum atomic E-state index is 5.42. The Bertz CT molecular complexity index is 355. The minimum atomic E-state index is 0.652. The Labute approximate surface area is 107 Å². The van der Waals surface area contributed by atoms with Crippen molar-refractivity contribution < 1.29 is 4.42 Å². The van der Waals surface area contributed by atoms with Crippen molar-refractivity contribution in [1.82, 2.24) is 15.1 Å². The van der Waals surface area contributed by atoms with E-state index < -0.39 is 0 Å². The van der Waals surface area contributed by atoms with Crippen molar-refractivity contribution in [3.8, 4) is 0 Å². The van der Waals surface area contributed by atoms with Gasteiger partial charge in [-0.15, -0.1) is 10.2 Å². The fourth-order valence-corrected chi connectivity index (χ4v) is 3.58. The smallest absolute Gasteiger partial charge is 0.230 e. The van der Waals surface area contributed by atoms with Gasteiger partial charge in [-0.2, -0.15) is 11.8 Å². The number of aryl methyl sites for hydroxylation is 1. The van der Waals surface area contributed by atoms with Gasteiger partial charge in [0.25, 0.3) is 0 Å². The minimum Gasteiger partial charge on any atom is -0.424 e. The highest BCUT2D eigenvalue weighted by molar-refractivity contribution is 7.99. The van der Waals surface area contributed by atoms with Crippen molar-refractivity contribution in [1.29, 1.82) is 0 Å². The summed E-state index contributed by atoms with van der Waals surface area (Å²) in [5, 5.41) is 8.76. The molecular weight excluding hydrogens is 234 g/mol. The van der Waals surface area contributed by atoms with E-state index in [2.05, 4.69) is 40.8 Å². The van der Waals surface area contributed by atoms with Crippen molar-refractivity contribution in [2.75, 3.05) is 12.8 Å². The van der Waals surface area contributed by atoms with Crippen LogP contribution in [0.4, 0.5) is 0 Å². The molecule has 1 saturated carbocycles. The molecule has 2 rings (SSSR count). The quantitative estimate of drug-likeness (QED) is 0.808. The summed E-state index contributed by atoms with van der Waals surface area (Å²) in [6, 6.07) is 0.672. The average Bonchev–Trinajstić information content (AvgIpc) is 2.88. The maximum Gasteiger partial charge on any atom is 0.230 e. The van der Waals surface area contributed by atoms with Crippen LogP contribution < -0.4 is 0 Å². The van der Waals surface area contributed by atoms with E-state index in [1.807, 2.05) is 6.92 Å². The summed E-state index contributed by atoms with van der Waals surface area (Å²) >= 11 is 2.09. The molecule has 2 atom stereocenters. The highest BCUT2D eigenvalue weighted by Crippen LogP contribution is 2.32. The second kappa shape index (κ2) is 5.87. The standard InChI is InChI=1S/C12H21N3OS/c1-4-17-11-6-5-10(7-11)15(3)8-12-14-13-9(2)16-12/h10-11H,4-8H2,1-3H3/t10-,11+/m1/s1. The molecule has 4 nitrogen and oxygen atoms in total. The van der Waals surface area contributed by atoms with E-state index in [1.54, 1.807) is 0 Å². The lowest BCUT2D eigenvalue weighted by Crippen LogP contribution is -2.29.